The average Bonchev–Trinajstić information content (AvgIpc) is 2.75. The highest BCUT2D eigenvalue weighted by Crippen LogP contribution is 2.13. The molecule has 0 aliphatic rings. The van der Waals surface area contributed by atoms with Crippen LogP contribution in [-0.4, -0.2) is 56.5 Å². The summed E-state index contributed by atoms with van der Waals surface area (Å²) >= 11 is 0. The number of likely N-dealkylation sites (N-methyl/N-ethyl adjacent to an activating group) is 1. The lowest BCUT2D eigenvalue weighted by Crippen LogP contribution is -2.31. The molecule has 0 aromatic heterocycles. The maximum atomic E-state index is 11.9. The minimum Gasteiger partial charge on any atom is -0.371 e. The summed E-state index contributed by atoms with van der Waals surface area (Å²) in [6.45, 7) is 2.61. The number of amides is 1. The minimum atomic E-state index is -0.388. The highest BCUT2D eigenvalue weighted by molar-refractivity contribution is 5.77. The Morgan fingerprint density at radius 1 is 0.667 bits per heavy atom. The van der Waals surface area contributed by atoms with E-state index in [1.807, 2.05) is 7.05 Å². The lowest BCUT2D eigenvalue weighted by atomic mass is 10.0. The van der Waals surface area contributed by atoms with Crippen LogP contribution < -0.4 is 0 Å². The number of unbranched alkanes of at least 4 members (excludes halogenated alkanes) is 15. The zero-order valence-electron chi connectivity index (χ0n) is 19.9. The van der Waals surface area contributed by atoms with E-state index in [0.29, 0.717) is 0 Å². The molecule has 0 rings (SSSR count). The molecule has 0 saturated carbocycles. The predicted molar refractivity (Wildman–Crippen MR) is 122 cm³/mol. The SMILES string of the molecule is CCCCCCCCCCCCCCCCCCN(C)C(=O)COCOCOCO. The van der Waals surface area contributed by atoms with Gasteiger partial charge < -0.3 is 24.2 Å². The van der Waals surface area contributed by atoms with Gasteiger partial charge >= 0.3 is 0 Å². The Balaban J connectivity index is 3.24. The zero-order chi connectivity index (χ0) is 22.1. The van der Waals surface area contributed by atoms with Crippen LogP contribution >= 0.6 is 0 Å². The van der Waals surface area contributed by atoms with Crippen molar-refractivity contribution in [1.29, 1.82) is 0 Å². The maximum absolute atomic E-state index is 11.9. The number of carbonyl (C=O) groups excluding carboxylic acids is 1. The Morgan fingerprint density at radius 3 is 1.57 bits per heavy atom. The standard InChI is InChI=1S/C24H49NO5/c1-3-4-5-6-7-8-9-10-11-12-13-14-15-16-17-18-19-25(2)24(27)20-28-22-30-23-29-21-26/h26H,3-23H2,1-2H3. The normalized spacial score (nSPS) is 11.2. The molecule has 0 aromatic carbocycles. The van der Waals surface area contributed by atoms with Crippen molar-refractivity contribution in [1.82, 2.24) is 4.90 Å². The number of hydrogen-bond acceptors (Lipinski definition) is 5. The van der Waals surface area contributed by atoms with Gasteiger partial charge in [0.05, 0.1) is 0 Å². The van der Waals surface area contributed by atoms with Gasteiger partial charge in [0.15, 0.2) is 6.79 Å². The lowest BCUT2D eigenvalue weighted by Gasteiger charge is -2.17. The fourth-order valence-corrected chi connectivity index (χ4v) is 3.45. The molecule has 1 amide bonds. The van der Waals surface area contributed by atoms with Gasteiger partial charge in [-0.1, -0.05) is 103 Å². The molecule has 0 unspecified atom stereocenters. The first-order chi connectivity index (χ1) is 14.7. The van der Waals surface area contributed by atoms with Crippen LogP contribution in [-0.2, 0) is 19.0 Å². The van der Waals surface area contributed by atoms with Gasteiger partial charge in [-0.3, -0.25) is 4.79 Å². The Morgan fingerprint density at radius 2 is 1.10 bits per heavy atom. The van der Waals surface area contributed by atoms with Crippen molar-refractivity contribution >= 4 is 5.91 Å². The number of rotatable bonds is 24. The molecule has 0 bridgehead atoms. The molecule has 0 saturated heterocycles. The van der Waals surface area contributed by atoms with Crippen molar-refractivity contribution in [3.63, 3.8) is 0 Å². The van der Waals surface area contributed by atoms with E-state index in [1.165, 1.54) is 96.3 Å². The Labute approximate surface area is 185 Å². The number of carbonyl (C=O) groups is 1. The second kappa shape index (κ2) is 24.6. The van der Waals surface area contributed by atoms with Crippen molar-refractivity contribution < 1.29 is 24.1 Å². The van der Waals surface area contributed by atoms with Crippen molar-refractivity contribution in [3.8, 4) is 0 Å². The van der Waals surface area contributed by atoms with Gasteiger partial charge in [-0.05, 0) is 6.42 Å². The Kier molecular flexibility index (Phi) is 24.0. The van der Waals surface area contributed by atoms with Gasteiger partial charge in [-0.25, -0.2) is 0 Å². The quantitative estimate of drug-likeness (QED) is 0.159. The molecule has 180 valence electrons. The van der Waals surface area contributed by atoms with E-state index < -0.39 is 0 Å². The summed E-state index contributed by atoms with van der Waals surface area (Å²) in [5.41, 5.74) is 0. The van der Waals surface area contributed by atoms with Crippen LogP contribution in [0.25, 0.3) is 0 Å². The molecule has 1 N–H and O–H groups in total. The molecule has 0 atom stereocenters. The minimum absolute atomic E-state index is 0.00841. The molecular formula is C24H49NO5. The first-order valence-electron chi connectivity index (χ1n) is 12.3. The van der Waals surface area contributed by atoms with Crippen LogP contribution in [0.5, 0.6) is 0 Å². The highest BCUT2D eigenvalue weighted by Gasteiger charge is 2.08. The van der Waals surface area contributed by atoms with Gasteiger partial charge in [0.1, 0.15) is 20.2 Å². The van der Waals surface area contributed by atoms with Crippen molar-refractivity contribution in [3.05, 3.63) is 0 Å². The molecule has 6 heteroatoms. The third-order valence-electron chi connectivity index (χ3n) is 5.42. The number of hydrogen-bond donors (Lipinski definition) is 1. The zero-order valence-corrected chi connectivity index (χ0v) is 19.9. The fraction of sp³-hybridized carbons (Fsp3) is 0.958. The van der Waals surface area contributed by atoms with E-state index in [4.69, 9.17) is 14.6 Å². The summed E-state index contributed by atoms with van der Waals surface area (Å²) in [6.07, 6.45) is 21.6. The molecular weight excluding hydrogens is 382 g/mol. The molecule has 0 fully saturated rings. The average molecular weight is 432 g/mol. The van der Waals surface area contributed by atoms with E-state index in [2.05, 4.69) is 11.7 Å². The largest absolute Gasteiger partial charge is 0.371 e. The van der Waals surface area contributed by atoms with Crippen LogP contribution in [0.2, 0.25) is 0 Å². The van der Waals surface area contributed by atoms with Gasteiger partial charge in [0.25, 0.3) is 0 Å². The van der Waals surface area contributed by atoms with Gasteiger partial charge in [0, 0.05) is 13.6 Å². The molecule has 0 heterocycles. The summed E-state index contributed by atoms with van der Waals surface area (Å²) in [7, 11) is 1.81. The van der Waals surface area contributed by atoms with E-state index in [0.717, 1.165) is 13.0 Å². The van der Waals surface area contributed by atoms with E-state index in [9.17, 15) is 4.79 Å². The molecule has 0 aliphatic carbocycles. The highest BCUT2D eigenvalue weighted by atomic mass is 16.8. The molecule has 0 aliphatic heterocycles. The van der Waals surface area contributed by atoms with Gasteiger partial charge in [-0.2, -0.15) is 0 Å². The Bertz CT molecular complexity index is 354. The summed E-state index contributed by atoms with van der Waals surface area (Å²) in [5, 5.41) is 8.42. The molecule has 30 heavy (non-hydrogen) atoms. The molecule has 0 spiro atoms. The first-order valence-corrected chi connectivity index (χ1v) is 12.3. The number of nitrogens with zero attached hydrogens (tertiary/aromatic N) is 1. The second-order valence-corrected chi connectivity index (χ2v) is 8.24. The number of aliphatic hydroxyl groups is 1. The summed E-state index contributed by atoms with van der Waals surface area (Å²) < 4.78 is 14.6. The van der Waals surface area contributed by atoms with Crippen molar-refractivity contribution in [2.24, 2.45) is 0 Å². The third-order valence-corrected chi connectivity index (χ3v) is 5.42. The van der Waals surface area contributed by atoms with Gasteiger partial charge in [0.2, 0.25) is 5.91 Å². The summed E-state index contributed by atoms with van der Waals surface area (Å²) in [4.78, 5) is 13.6. The molecule has 0 radical (unpaired) electrons. The second-order valence-electron chi connectivity index (χ2n) is 8.24. The maximum Gasteiger partial charge on any atom is 0.248 e. The van der Waals surface area contributed by atoms with Gasteiger partial charge in [-0.15, -0.1) is 0 Å². The van der Waals surface area contributed by atoms with Crippen molar-refractivity contribution in [2.45, 2.75) is 110 Å². The molecule has 6 nitrogen and oxygen atoms in total. The van der Waals surface area contributed by atoms with Crippen LogP contribution in [0, 0.1) is 0 Å². The fourth-order valence-electron chi connectivity index (χ4n) is 3.45. The van der Waals surface area contributed by atoms with E-state index in [-0.39, 0.29) is 32.9 Å². The lowest BCUT2D eigenvalue weighted by molar-refractivity contribution is -0.165. The van der Waals surface area contributed by atoms with Crippen LogP contribution in [0.15, 0.2) is 0 Å². The smallest absolute Gasteiger partial charge is 0.248 e. The van der Waals surface area contributed by atoms with Crippen LogP contribution in [0.3, 0.4) is 0 Å². The van der Waals surface area contributed by atoms with E-state index >= 15 is 0 Å². The summed E-state index contributed by atoms with van der Waals surface area (Å²) in [5.74, 6) is -0.0392. The van der Waals surface area contributed by atoms with Crippen LogP contribution in [0.4, 0.5) is 0 Å². The Hall–Kier alpha value is -0.690. The predicted octanol–water partition coefficient (Wildman–Crippen LogP) is 5.62. The topological polar surface area (TPSA) is 68.2 Å². The third kappa shape index (κ3) is 22.0. The molecule has 0 aromatic rings. The van der Waals surface area contributed by atoms with Crippen molar-refractivity contribution in [2.75, 3.05) is 40.6 Å². The summed E-state index contributed by atoms with van der Waals surface area (Å²) in [6, 6.07) is 0. The monoisotopic (exact) mass is 431 g/mol. The first kappa shape index (κ1) is 29.3. The van der Waals surface area contributed by atoms with Crippen LogP contribution in [0.1, 0.15) is 110 Å². The number of ether oxygens (including phenoxy) is 3. The number of aliphatic hydroxyl groups excluding tert-OH is 1. The van der Waals surface area contributed by atoms with E-state index in [1.54, 1.807) is 4.90 Å².